The summed E-state index contributed by atoms with van der Waals surface area (Å²) >= 11 is 0. The lowest BCUT2D eigenvalue weighted by atomic mass is 10.1. The molecule has 18 heavy (non-hydrogen) atoms. The number of ether oxygens (including phenoxy) is 1. The fraction of sp³-hybridized carbons (Fsp3) is 0.714. The Morgan fingerprint density at radius 1 is 1.22 bits per heavy atom. The molecule has 0 unspecified atom stereocenters. The minimum atomic E-state index is 0.302. The lowest BCUT2D eigenvalue weighted by Crippen LogP contribution is -2.06. The average Bonchev–Trinajstić information content (AvgIpc) is 2.34. The number of rotatable bonds is 7. The molecule has 1 N–H and O–H groups in total. The molecule has 1 heterocycles. The first kappa shape index (κ1) is 14.7. The van der Waals surface area contributed by atoms with Crippen molar-refractivity contribution in [1.82, 2.24) is 9.97 Å². The Hall–Kier alpha value is -1.32. The molecule has 4 nitrogen and oxygen atoms in total. The quantitative estimate of drug-likeness (QED) is 0.754. The van der Waals surface area contributed by atoms with E-state index in [-0.39, 0.29) is 0 Å². The van der Waals surface area contributed by atoms with Gasteiger partial charge in [0.15, 0.2) is 0 Å². The van der Waals surface area contributed by atoms with Gasteiger partial charge in [-0.15, -0.1) is 0 Å². The standard InChI is InChI=1S/C14H25N3O/c1-10(2)7-6-8-18-13-9-12(15-5)16-14(17-13)11(3)4/h9-11H,6-8H2,1-5H3,(H,15,16,17). The van der Waals surface area contributed by atoms with Crippen LogP contribution in [-0.4, -0.2) is 23.6 Å². The number of hydrogen-bond acceptors (Lipinski definition) is 4. The second kappa shape index (κ2) is 7.19. The molecule has 0 amide bonds. The van der Waals surface area contributed by atoms with E-state index in [1.165, 1.54) is 6.42 Å². The highest BCUT2D eigenvalue weighted by atomic mass is 16.5. The van der Waals surface area contributed by atoms with E-state index < -0.39 is 0 Å². The second-order valence-corrected chi connectivity index (χ2v) is 5.24. The van der Waals surface area contributed by atoms with E-state index >= 15 is 0 Å². The van der Waals surface area contributed by atoms with E-state index in [2.05, 4.69) is 43.0 Å². The van der Waals surface area contributed by atoms with Gasteiger partial charge in [0.1, 0.15) is 11.6 Å². The fourth-order valence-electron chi connectivity index (χ4n) is 1.57. The SMILES string of the molecule is CNc1cc(OCCCC(C)C)nc(C(C)C)n1. The lowest BCUT2D eigenvalue weighted by molar-refractivity contribution is 0.285. The van der Waals surface area contributed by atoms with E-state index in [0.29, 0.717) is 11.8 Å². The largest absolute Gasteiger partial charge is 0.478 e. The van der Waals surface area contributed by atoms with E-state index in [4.69, 9.17) is 4.74 Å². The highest BCUT2D eigenvalue weighted by molar-refractivity contribution is 5.38. The Morgan fingerprint density at radius 3 is 2.50 bits per heavy atom. The molecular weight excluding hydrogens is 226 g/mol. The topological polar surface area (TPSA) is 47.0 Å². The summed E-state index contributed by atoms with van der Waals surface area (Å²) in [6.45, 7) is 9.33. The zero-order valence-electron chi connectivity index (χ0n) is 12.2. The average molecular weight is 251 g/mol. The molecule has 0 radical (unpaired) electrons. The van der Waals surface area contributed by atoms with Crippen LogP contribution in [0, 0.1) is 5.92 Å². The van der Waals surface area contributed by atoms with Crippen LogP contribution < -0.4 is 10.1 Å². The van der Waals surface area contributed by atoms with Crippen molar-refractivity contribution in [1.29, 1.82) is 0 Å². The maximum Gasteiger partial charge on any atom is 0.218 e. The minimum absolute atomic E-state index is 0.302. The minimum Gasteiger partial charge on any atom is -0.478 e. The molecule has 0 bridgehead atoms. The van der Waals surface area contributed by atoms with Crippen molar-refractivity contribution in [2.24, 2.45) is 5.92 Å². The molecule has 0 saturated carbocycles. The summed E-state index contributed by atoms with van der Waals surface area (Å²) in [5.74, 6) is 3.32. The summed E-state index contributed by atoms with van der Waals surface area (Å²) in [6.07, 6.45) is 2.24. The van der Waals surface area contributed by atoms with Crippen LogP contribution >= 0.6 is 0 Å². The van der Waals surface area contributed by atoms with E-state index in [0.717, 1.165) is 30.6 Å². The number of hydrogen-bond donors (Lipinski definition) is 1. The molecule has 1 aromatic heterocycles. The van der Waals surface area contributed by atoms with Gasteiger partial charge in [-0.05, 0) is 18.8 Å². The number of nitrogens with one attached hydrogen (secondary N) is 1. The Balaban J connectivity index is 2.61. The number of anilines is 1. The highest BCUT2D eigenvalue weighted by Gasteiger charge is 2.08. The van der Waals surface area contributed by atoms with Crippen molar-refractivity contribution in [3.05, 3.63) is 11.9 Å². The zero-order chi connectivity index (χ0) is 13.5. The molecule has 0 saturated heterocycles. The molecule has 4 heteroatoms. The molecule has 0 aromatic carbocycles. The van der Waals surface area contributed by atoms with Crippen LogP contribution in [0.25, 0.3) is 0 Å². The third kappa shape index (κ3) is 4.90. The van der Waals surface area contributed by atoms with Gasteiger partial charge in [-0.2, -0.15) is 4.98 Å². The summed E-state index contributed by atoms with van der Waals surface area (Å²) in [7, 11) is 1.86. The van der Waals surface area contributed by atoms with Gasteiger partial charge in [0.25, 0.3) is 0 Å². The first-order valence-corrected chi connectivity index (χ1v) is 6.72. The molecule has 0 atom stereocenters. The number of nitrogens with zero attached hydrogens (tertiary/aromatic N) is 2. The maximum absolute atomic E-state index is 5.70. The normalized spacial score (nSPS) is 11.1. The Bertz CT molecular complexity index is 364. The molecule has 0 fully saturated rings. The Morgan fingerprint density at radius 2 is 1.94 bits per heavy atom. The van der Waals surface area contributed by atoms with E-state index in [9.17, 15) is 0 Å². The molecule has 0 spiro atoms. The van der Waals surface area contributed by atoms with Gasteiger partial charge in [0, 0.05) is 19.0 Å². The predicted molar refractivity (Wildman–Crippen MR) is 75.2 cm³/mol. The van der Waals surface area contributed by atoms with Crippen LogP contribution in [0.15, 0.2) is 6.07 Å². The molecule has 102 valence electrons. The second-order valence-electron chi connectivity index (χ2n) is 5.24. The highest BCUT2D eigenvalue weighted by Crippen LogP contribution is 2.18. The van der Waals surface area contributed by atoms with Crippen molar-refractivity contribution in [3.8, 4) is 5.88 Å². The third-order valence-corrected chi connectivity index (χ3v) is 2.67. The van der Waals surface area contributed by atoms with Crippen LogP contribution in [0.1, 0.15) is 52.3 Å². The van der Waals surface area contributed by atoms with Crippen molar-refractivity contribution < 1.29 is 4.74 Å². The Kier molecular flexibility index (Phi) is 5.89. The van der Waals surface area contributed by atoms with Gasteiger partial charge in [0.2, 0.25) is 5.88 Å². The maximum atomic E-state index is 5.70. The molecule has 1 aromatic rings. The van der Waals surface area contributed by atoms with Crippen LogP contribution in [0.5, 0.6) is 5.88 Å². The molecule has 0 aliphatic heterocycles. The van der Waals surface area contributed by atoms with Gasteiger partial charge in [0.05, 0.1) is 6.61 Å². The van der Waals surface area contributed by atoms with Crippen LogP contribution in [0.2, 0.25) is 0 Å². The molecular formula is C14H25N3O. The summed E-state index contributed by atoms with van der Waals surface area (Å²) in [4.78, 5) is 8.83. The lowest BCUT2D eigenvalue weighted by Gasteiger charge is -2.11. The van der Waals surface area contributed by atoms with Crippen molar-refractivity contribution in [2.45, 2.75) is 46.5 Å². The summed E-state index contributed by atoms with van der Waals surface area (Å²) in [5.41, 5.74) is 0. The van der Waals surface area contributed by atoms with Crippen molar-refractivity contribution in [2.75, 3.05) is 19.0 Å². The van der Waals surface area contributed by atoms with Crippen molar-refractivity contribution >= 4 is 5.82 Å². The van der Waals surface area contributed by atoms with Gasteiger partial charge < -0.3 is 10.1 Å². The fourth-order valence-corrected chi connectivity index (χ4v) is 1.57. The van der Waals surface area contributed by atoms with Crippen molar-refractivity contribution in [3.63, 3.8) is 0 Å². The van der Waals surface area contributed by atoms with Gasteiger partial charge in [-0.25, -0.2) is 4.98 Å². The first-order chi connectivity index (χ1) is 8.52. The van der Waals surface area contributed by atoms with Gasteiger partial charge in [-0.1, -0.05) is 27.7 Å². The molecule has 1 rings (SSSR count). The van der Waals surface area contributed by atoms with Gasteiger partial charge in [-0.3, -0.25) is 0 Å². The van der Waals surface area contributed by atoms with Crippen LogP contribution in [0.3, 0.4) is 0 Å². The molecule has 0 aliphatic rings. The molecule has 0 aliphatic carbocycles. The first-order valence-electron chi connectivity index (χ1n) is 6.72. The smallest absolute Gasteiger partial charge is 0.218 e. The summed E-state index contributed by atoms with van der Waals surface area (Å²) in [5, 5.41) is 3.04. The van der Waals surface area contributed by atoms with E-state index in [1.54, 1.807) is 0 Å². The Labute approximate surface area is 110 Å². The van der Waals surface area contributed by atoms with E-state index in [1.807, 2.05) is 13.1 Å². The third-order valence-electron chi connectivity index (χ3n) is 2.67. The monoisotopic (exact) mass is 251 g/mol. The van der Waals surface area contributed by atoms with Crippen LogP contribution in [-0.2, 0) is 0 Å². The number of aromatic nitrogens is 2. The zero-order valence-corrected chi connectivity index (χ0v) is 12.2. The van der Waals surface area contributed by atoms with Crippen LogP contribution in [0.4, 0.5) is 5.82 Å². The summed E-state index contributed by atoms with van der Waals surface area (Å²) < 4.78 is 5.70. The predicted octanol–water partition coefficient (Wildman–Crippen LogP) is 3.46. The summed E-state index contributed by atoms with van der Waals surface area (Å²) in [6, 6.07) is 1.85. The van der Waals surface area contributed by atoms with Gasteiger partial charge >= 0.3 is 0 Å².